The van der Waals surface area contributed by atoms with Gasteiger partial charge in [0.15, 0.2) is 0 Å². The van der Waals surface area contributed by atoms with Crippen LogP contribution in [0, 0.1) is 11.8 Å². The van der Waals surface area contributed by atoms with Crippen LogP contribution in [0.2, 0.25) is 5.02 Å². The van der Waals surface area contributed by atoms with Crippen LogP contribution in [-0.4, -0.2) is 40.9 Å². The van der Waals surface area contributed by atoms with Crippen LogP contribution >= 0.6 is 27.5 Å². The van der Waals surface area contributed by atoms with E-state index in [0.717, 1.165) is 42.5 Å². The number of halogens is 2. The van der Waals surface area contributed by atoms with Crippen LogP contribution in [0.4, 0.5) is 0 Å². The standard InChI is InChI=1S/C16H21BrClNO2/c17-11-2-3-12(14(18)7-11)16(21)5-6-19-8-10-1-4-15(20)13(10)9-19/h2-3,7,10,13,15-16,20-21H,1,4-6,8-9H2. The summed E-state index contributed by atoms with van der Waals surface area (Å²) in [6.45, 7) is 2.88. The largest absolute Gasteiger partial charge is 0.393 e. The predicted molar refractivity (Wildman–Crippen MR) is 87.4 cm³/mol. The first-order chi connectivity index (χ1) is 10.0. The second-order valence-electron chi connectivity index (χ2n) is 6.30. The maximum absolute atomic E-state index is 10.3. The molecule has 0 aromatic heterocycles. The molecule has 4 unspecified atom stereocenters. The summed E-state index contributed by atoms with van der Waals surface area (Å²) < 4.78 is 0.921. The zero-order chi connectivity index (χ0) is 15.0. The molecule has 1 saturated carbocycles. The summed E-state index contributed by atoms with van der Waals surface area (Å²) >= 11 is 9.55. The fourth-order valence-corrected chi connectivity index (χ4v) is 4.54. The molecule has 0 amide bonds. The molecule has 21 heavy (non-hydrogen) atoms. The molecule has 0 bridgehead atoms. The molecule has 116 valence electrons. The van der Waals surface area contributed by atoms with Crippen molar-refractivity contribution in [3.05, 3.63) is 33.3 Å². The molecule has 4 atom stereocenters. The smallest absolute Gasteiger partial charge is 0.0816 e. The molecule has 3 rings (SSSR count). The average molecular weight is 375 g/mol. The fraction of sp³-hybridized carbons (Fsp3) is 0.625. The molecular formula is C16H21BrClNO2. The Kier molecular flexibility index (Phi) is 4.91. The molecule has 5 heteroatoms. The molecule has 2 fully saturated rings. The second-order valence-corrected chi connectivity index (χ2v) is 7.62. The van der Waals surface area contributed by atoms with Gasteiger partial charge in [-0.3, -0.25) is 0 Å². The van der Waals surface area contributed by atoms with E-state index in [2.05, 4.69) is 20.8 Å². The Morgan fingerprint density at radius 3 is 2.86 bits per heavy atom. The molecule has 1 saturated heterocycles. The third kappa shape index (κ3) is 3.45. The lowest BCUT2D eigenvalue weighted by molar-refractivity contribution is 0.117. The number of hydrogen-bond donors (Lipinski definition) is 2. The van der Waals surface area contributed by atoms with Crippen LogP contribution < -0.4 is 0 Å². The van der Waals surface area contributed by atoms with Crippen LogP contribution in [-0.2, 0) is 0 Å². The molecule has 0 spiro atoms. The molecular weight excluding hydrogens is 354 g/mol. The van der Waals surface area contributed by atoms with Gasteiger partial charge in [-0.15, -0.1) is 0 Å². The summed E-state index contributed by atoms with van der Waals surface area (Å²) in [6.07, 6.45) is 2.13. The van der Waals surface area contributed by atoms with E-state index in [4.69, 9.17) is 11.6 Å². The van der Waals surface area contributed by atoms with E-state index < -0.39 is 6.10 Å². The Morgan fingerprint density at radius 1 is 1.33 bits per heavy atom. The highest BCUT2D eigenvalue weighted by molar-refractivity contribution is 9.10. The minimum absolute atomic E-state index is 0.120. The normalized spacial score (nSPS) is 30.6. The first-order valence-corrected chi connectivity index (χ1v) is 8.75. The van der Waals surface area contributed by atoms with Crippen molar-refractivity contribution in [2.75, 3.05) is 19.6 Å². The Bertz CT molecular complexity index is 513. The Hall–Kier alpha value is -0.130. The van der Waals surface area contributed by atoms with Gasteiger partial charge in [-0.1, -0.05) is 33.6 Å². The average Bonchev–Trinajstić information content (AvgIpc) is 2.98. The van der Waals surface area contributed by atoms with Crippen molar-refractivity contribution >= 4 is 27.5 Å². The first-order valence-electron chi connectivity index (χ1n) is 7.58. The third-order valence-corrected chi connectivity index (χ3v) is 5.76. The number of rotatable bonds is 4. The minimum atomic E-state index is -0.532. The number of likely N-dealkylation sites (tertiary alicyclic amines) is 1. The van der Waals surface area contributed by atoms with Crippen LogP contribution in [0.15, 0.2) is 22.7 Å². The van der Waals surface area contributed by atoms with Gasteiger partial charge in [0.2, 0.25) is 0 Å². The van der Waals surface area contributed by atoms with Gasteiger partial charge in [-0.05, 0) is 42.9 Å². The van der Waals surface area contributed by atoms with E-state index in [1.807, 2.05) is 18.2 Å². The zero-order valence-electron chi connectivity index (χ0n) is 11.9. The predicted octanol–water partition coefficient (Wildman–Crippen LogP) is 3.23. The summed E-state index contributed by atoms with van der Waals surface area (Å²) in [4.78, 5) is 2.37. The van der Waals surface area contributed by atoms with E-state index in [1.165, 1.54) is 0 Å². The number of aliphatic hydroxyl groups excluding tert-OH is 2. The maximum atomic E-state index is 10.3. The van der Waals surface area contributed by atoms with Crippen molar-refractivity contribution in [3.8, 4) is 0 Å². The van der Waals surface area contributed by atoms with Gasteiger partial charge in [0.1, 0.15) is 0 Å². The SMILES string of the molecule is OC(CCN1CC2CCC(O)C2C1)c1ccc(Br)cc1Cl. The highest BCUT2D eigenvalue weighted by Gasteiger charge is 2.41. The van der Waals surface area contributed by atoms with Gasteiger partial charge in [0, 0.05) is 35.0 Å². The monoisotopic (exact) mass is 373 g/mol. The van der Waals surface area contributed by atoms with Crippen molar-refractivity contribution in [2.45, 2.75) is 31.5 Å². The molecule has 2 aliphatic rings. The van der Waals surface area contributed by atoms with Gasteiger partial charge in [-0.25, -0.2) is 0 Å². The number of aliphatic hydroxyl groups is 2. The Morgan fingerprint density at radius 2 is 2.14 bits per heavy atom. The third-order valence-electron chi connectivity index (χ3n) is 4.93. The summed E-state index contributed by atoms with van der Waals surface area (Å²) in [5.41, 5.74) is 0.791. The van der Waals surface area contributed by atoms with Gasteiger partial charge in [0.25, 0.3) is 0 Å². The van der Waals surface area contributed by atoms with Crippen LogP contribution in [0.1, 0.15) is 30.9 Å². The summed E-state index contributed by atoms with van der Waals surface area (Å²) in [6, 6.07) is 5.59. The van der Waals surface area contributed by atoms with Crippen molar-refractivity contribution in [3.63, 3.8) is 0 Å². The van der Waals surface area contributed by atoms with Crippen molar-refractivity contribution in [1.29, 1.82) is 0 Å². The number of nitrogens with zero attached hydrogens (tertiary/aromatic N) is 1. The molecule has 1 aliphatic heterocycles. The van der Waals surface area contributed by atoms with Crippen molar-refractivity contribution < 1.29 is 10.2 Å². The lowest BCUT2D eigenvalue weighted by Crippen LogP contribution is -2.26. The summed E-state index contributed by atoms with van der Waals surface area (Å²) in [5.74, 6) is 1.09. The minimum Gasteiger partial charge on any atom is -0.393 e. The molecule has 2 N–H and O–H groups in total. The summed E-state index contributed by atoms with van der Waals surface area (Å²) in [5, 5.41) is 20.9. The van der Waals surface area contributed by atoms with E-state index in [9.17, 15) is 10.2 Å². The molecule has 1 heterocycles. The lowest BCUT2D eigenvalue weighted by Gasteiger charge is -2.20. The van der Waals surface area contributed by atoms with E-state index in [0.29, 0.717) is 23.3 Å². The molecule has 0 radical (unpaired) electrons. The van der Waals surface area contributed by atoms with Crippen LogP contribution in [0.3, 0.4) is 0 Å². The van der Waals surface area contributed by atoms with E-state index in [-0.39, 0.29) is 6.10 Å². The number of benzene rings is 1. The fourth-order valence-electron chi connectivity index (χ4n) is 3.74. The van der Waals surface area contributed by atoms with Crippen molar-refractivity contribution in [2.24, 2.45) is 11.8 Å². The summed E-state index contributed by atoms with van der Waals surface area (Å²) in [7, 11) is 0. The maximum Gasteiger partial charge on any atom is 0.0816 e. The second kappa shape index (κ2) is 6.55. The quantitative estimate of drug-likeness (QED) is 0.850. The number of hydrogen-bond acceptors (Lipinski definition) is 3. The van der Waals surface area contributed by atoms with E-state index in [1.54, 1.807) is 0 Å². The lowest BCUT2D eigenvalue weighted by atomic mass is 10.00. The van der Waals surface area contributed by atoms with Gasteiger partial charge < -0.3 is 15.1 Å². The Balaban J connectivity index is 1.53. The van der Waals surface area contributed by atoms with E-state index >= 15 is 0 Å². The zero-order valence-corrected chi connectivity index (χ0v) is 14.2. The van der Waals surface area contributed by atoms with Crippen LogP contribution in [0.5, 0.6) is 0 Å². The highest BCUT2D eigenvalue weighted by Crippen LogP contribution is 2.38. The first kappa shape index (κ1) is 15.8. The highest BCUT2D eigenvalue weighted by atomic mass is 79.9. The molecule has 3 nitrogen and oxygen atoms in total. The topological polar surface area (TPSA) is 43.7 Å². The van der Waals surface area contributed by atoms with Crippen molar-refractivity contribution in [1.82, 2.24) is 4.90 Å². The molecule has 1 aromatic rings. The van der Waals surface area contributed by atoms with Gasteiger partial charge >= 0.3 is 0 Å². The van der Waals surface area contributed by atoms with Gasteiger partial charge in [-0.2, -0.15) is 0 Å². The van der Waals surface area contributed by atoms with Crippen LogP contribution in [0.25, 0.3) is 0 Å². The van der Waals surface area contributed by atoms with Gasteiger partial charge in [0.05, 0.1) is 12.2 Å². The Labute approximate surface area is 139 Å². The molecule has 1 aliphatic carbocycles. The number of fused-ring (bicyclic) bond motifs is 1. The molecule has 1 aromatic carbocycles.